The van der Waals surface area contributed by atoms with Gasteiger partial charge in [0.2, 0.25) is 0 Å². The van der Waals surface area contributed by atoms with Crippen molar-refractivity contribution >= 4 is 39.3 Å². The maximum atomic E-state index is 11.3. The SMILES string of the molecule is COC(=O)c1cc(SC)c(Br)cc1N. The highest BCUT2D eigenvalue weighted by molar-refractivity contribution is 9.10. The molecule has 0 heterocycles. The standard InChI is InChI=1S/C9H10BrNO2S/c1-13-9(12)5-3-8(14-2)6(10)4-7(5)11/h3-4H,11H2,1-2H3. The highest BCUT2D eigenvalue weighted by Crippen LogP contribution is 2.30. The molecule has 3 nitrogen and oxygen atoms in total. The van der Waals surface area contributed by atoms with Gasteiger partial charge in [-0.1, -0.05) is 0 Å². The number of nitrogen functional groups attached to an aromatic ring is 1. The molecule has 0 atom stereocenters. The number of anilines is 1. The summed E-state index contributed by atoms with van der Waals surface area (Å²) in [5.41, 5.74) is 6.50. The number of ether oxygens (including phenoxy) is 1. The van der Waals surface area contributed by atoms with Crippen LogP contribution in [-0.2, 0) is 4.74 Å². The first-order chi connectivity index (χ1) is 6.60. The third kappa shape index (κ3) is 2.22. The Morgan fingerprint density at radius 1 is 1.57 bits per heavy atom. The van der Waals surface area contributed by atoms with Crippen molar-refractivity contribution in [1.82, 2.24) is 0 Å². The molecule has 0 bridgehead atoms. The Morgan fingerprint density at radius 3 is 2.71 bits per heavy atom. The van der Waals surface area contributed by atoms with E-state index in [9.17, 15) is 4.79 Å². The summed E-state index contributed by atoms with van der Waals surface area (Å²) in [5, 5.41) is 0. The molecule has 0 aromatic heterocycles. The lowest BCUT2D eigenvalue weighted by Gasteiger charge is -2.07. The molecule has 14 heavy (non-hydrogen) atoms. The summed E-state index contributed by atoms with van der Waals surface area (Å²) in [4.78, 5) is 12.2. The third-order valence-electron chi connectivity index (χ3n) is 1.73. The number of methoxy groups -OCH3 is 1. The molecule has 5 heteroatoms. The van der Waals surface area contributed by atoms with Crippen molar-refractivity contribution in [1.29, 1.82) is 0 Å². The lowest BCUT2D eigenvalue weighted by molar-refractivity contribution is 0.0601. The Hall–Kier alpha value is -0.680. The van der Waals surface area contributed by atoms with Crippen LogP contribution in [0.3, 0.4) is 0 Å². The molecule has 76 valence electrons. The molecular formula is C9H10BrNO2S. The summed E-state index contributed by atoms with van der Waals surface area (Å²) >= 11 is 4.90. The van der Waals surface area contributed by atoms with Gasteiger partial charge in [0.25, 0.3) is 0 Å². The topological polar surface area (TPSA) is 52.3 Å². The van der Waals surface area contributed by atoms with Crippen molar-refractivity contribution < 1.29 is 9.53 Å². The second kappa shape index (κ2) is 4.70. The molecule has 0 unspecified atom stereocenters. The zero-order valence-corrected chi connectivity index (χ0v) is 10.2. The number of esters is 1. The van der Waals surface area contributed by atoms with E-state index in [-0.39, 0.29) is 0 Å². The van der Waals surface area contributed by atoms with Gasteiger partial charge >= 0.3 is 5.97 Å². The number of thioether (sulfide) groups is 1. The number of hydrogen-bond acceptors (Lipinski definition) is 4. The van der Waals surface area contributed by atoms with Gasteiger partial charge in [-0.3, -0.25) is 0 Å². The average molecular weight is 276 g/mol. The Kier molecular flexibility index (Phi) is 3.83. The molecule has 0 aliphatic carbocycles. The fraction of sp³-hybridized carbons (Fsp3) is 0.222. The molecule has 1 aromatic rings. The minimum absolute atomic E-state index is 0.403. The predicted octanol–water partition coefficient (Wildman–Crippen LogP) is 2.54. The molecule has 0 spiro atoms. The van der Waals surface area contributed by atoms with Crippen LogP contribution in [0.2, 0.25) is 0 Å². The van der Waals surface area contributed by atoms with Crippen molar-refractivity contribution in [2.75, 3.05) is 19.1 Å². The molecule has 1 rings (SSSR count). The summed E-state index contributed by atoms with van der Waals surface area (Å²) in [6.45, 7) is 0. The summed E-state index contributed by atoms with van der Waals surface area (Å²) in [6, 6.07) is 3.42. The second-order valence-corrected chi connectivity index (χ2v) is 4.27. The molecule has 0 amide bonds. The molecule has 0 saturated heterocycles. The monoisotopic (exact) mass is 275 g/mol. The van der Waals surface area contributed by atoms with Crippen LogP contribution in [0.4, 0.5) is 5.69 Å². The van der Waals surface area contributed by atoms with Crippen LogP contribution in [-0.4, -0.2) is 19.3 Å². The van der Waals surface area contributed by atoms with Crippen molar-refractivity contribution in [3.63, 3.8) is 0 Å². The molecular weight excluding hydrogens is 266 g/mol. The Bertz CT molecular complexity index is 368. The van der Waals surface area contributed by atoms with Crippen molar-refractivity contribution in [2.24, 2.45) is 0 Å². The van der Waals surface area contributed by atoms with E-state index in [0.29, 0.717) is 11.3 Å². The van der Waals surface area contributed by atoms with E-state index in [2.05, 4.69) is 20.7 Å². The largest absolute Gasteiger partial charge is 0.465 e. The smallest absolute Gasteiger partial charge is 0.339 e. The number of carbonyl (C=O) groups is 1. The Labute approximate surface area is 95.1 Å². The van der Waals surface area contributed by atoms with E-state index >= 15 is 0 Å². The van der Waals surface area contributed by atoms with E-state index in [1.807, 2.05) is 6.26 Å². The van der Waals surface area contributed by atoms with Gasteiger partial charge in [-0.15, -0.1) is 11.8 Å². The minimum Gasteiger partial charge on any atom is -0.465 e. The maximum absolute atomic E-state index is 11.3. The Balaban J connectivity index is 3.24. The Morgan fingerprint density at radius 2 is 2.21 bits per heavy atom. The fourth-order valence-corrected chi connectivity index (χ4v) is 2.35. The minimum atomic E-state index is -0.412. The first-order valence-corrected chi connectivity index (χ1v) is 5.83. The van der Waals surface area contributed by atoms with Crippen LogP contribution in [0, 0.1) is 0 Å². The summed E-state index contributed by atoms with van der Waals surface area (Å²) in [7, 11) is 1.34. The summed E-state index contributed by atoms with van der Waals surface area (Å²) in [6.07, 6.45) is 1.93. The first kappa shape index (κ1) is 11.4. The van der Waals surface area contributed by atoms with E-state index in [1.165, 1.54) is 18.9 Å². The molecule has 1 aromatic carbocycles. The first-order valence-electron chi connectivity index (χ1n) is 3.81. The number of hydrogen-bond donors (Lipinski definition) is 1. The molecule has 0 fully saturated rings. The van der Waals surface area contributed by atoms with Gasteiger partial charge in [0, 0.05) is 15.1 Å². The van der Waals surface area contributed by atoms with Gasteiger partial charge in [-0.05, 0) is 34.3 Å². The van der Waals surface area contributed by atoms with E-state index in [1.54, 1.807) is 12.1 Å². The van der Waals surface area contributed by atoms with E-state index < -0.39 is 5.97 Å². The fourth-order valence-electron chi connectivity index (χ4n) is 1.01. The highest BCUT2D eigenvalue weighted by Gasteiger charge is 2.12. The second-order valence-electron chi connectivity index (χ2n) is 2.57. The number of carbonyl (C=O) groups excluding carboxylic acids is 1. The molecule has 0 saturated carbocycles. The van der Waals surface area contributed by atoms with Crippen LogP contribution in [0.15, 0.2) is 21.5 Å². The zero-order valence-electron chi connectivity index (χ0n) is 7.83. The number of halogens is 1. The average Bonchev–Trinajstić information content (AvgIpc) is 2.17. The van der Waals surface area contributed by atoms with Crippen LogP contribution in [0.25, 0.3) is 0 Å². The van der Waals surface area contributed by atoms with E-state index in [0.717, 1.165) is 9.37 Å². The van der Waals surface area contributed by atoms with Gasteiger partial charge in [-0.2, -0.15) is 0 Å². The number of benzene rings is 1. The van der Waals surface area contributed by atoms with Crippen molar-refractivity contribution in [2.45, 2.75) is 4.90 Å². The van der Waals surface area contributed by atoms with Gasteiger partial charge in [-0.25, -0.2) is 4.79 Å². The predicted molar refractivity (Wildman–Crippen MR) is 61.7 cm³/mol. The molecule has 2 N–H and O–H groups in total. The molecule has 0 radical (unpaired) electrons. The highest BCUT2D eigenvalue weighted by atomic mass is 79.9. The normalized spacial score (nSPS) is 9.93. The molecule has 0 aliphatic heterocycles. The lowest BCUT2D eigenvalue weighted by Crippen LogP contribution is -2.05. The van der Waals surface area contributed by atoms with Crippen LogP contribution in [0.1, 0.15) is 10.4 Å². The van der Waals surface area contributed by atoms with Gasteiger partial charge in [0.15, 0.2) is 0 Å². The summed E-state index contributed by atoms with van der Waals surface area (Å²) < 4.78 is 5.50. The number of nitrogens with two attached hydrogens (primary N) is 1. The third-order valence-corrected chi connectivity index (χ3v) is 3.43. The zero-order chi connectivity index (χ0) is 10.7. The van der Waals surface area contributed by atoms with Gasteiger partial charge in [0.05, 0.1) is 12.7 Å². The van der Waals surface area contributed by atoms with Crippen molar-refractivity contribution in [3.8, 4) is 0 Å². The van der Waals surface area contributed by atoms with Crippen LogP contribution >= 0.6 is 27.7 Å². The summed E-state index contributed by atoms with van der Waals surface area (Å²) in [5.74, 6) is -0.412. The van der Waals surface area contributed by atoms with Gasteiger partial charge in [0.1, 0.15) is 0 Å². The van der Waals surface area contributed by atoms with Gasteiger partial charge < -0.3 is 10.5 Å². The maximum Gasteiger partial charge on any atom is 0.339 e. The number of rotatable bonds is 2. The lowest BCUT2D eigenvalue weighted by atomic mass is 10.2. The van der Waals surface area contributed by atoms with Crippen LogP contribution in [0.5, 0.6) is 0 Å². The van der Waals surface area contributed by atoms with Crippen molar-refractivity contribution in [3.05, 3.63) is 22.2 Å². The van der Waals surface area contributed by atoms with Crippen LogP contribution < -0.4 is 5.73 Å². The molecule has 0 aliphatic rings. The van der Waals surface area contributed by atoms with E-state index in [4.69, 9.17) is 5.73 Å². The quantitative estimate of drug-likeness (QED) is 0.512.